The molecule has 19 heavy (non-hydrogen) atoms. The molecule has 3 rings (SSSR count). The van der Waals surface area contributed by atoms with Crippen LogP contribution < -0.4 is 4.90 Å². The smallest absolute Gasteiger partial charge is 0.371 e. The van der Waals surface area contributed by atoms with E-state index in [1.807, 2.05) is 4.90 Å². The second-order valence-electron chi connectivity index (χ2n) is 5.16. The minimum Gasteiger partial charge on any atom is -0.371 e. The average molecular weight is 292 g/mol. The molecule has 0 radical (unpaired) electrons. The molecule has 3 nitrogen and oxygen atoms in total. The van der Waals surface area contributed by atoms with Crippen molar-refractivity contribution in [2.24, 2.45) is 0 Å². The maximum Gasteiger partial charge on any atom is 0.427 e. The lowest BCUT2D eigenvalue weighted by molar-refractivity contribution is -0.134. The van der Waals surface area contributed by atoms with Gasteiger partial charge in [0.15, 0.2) is 5.13 Å². The van der Waals surface area contributed by atoms with E-state index in [1.165, 1.54) is 0 Å². The van der Waals surface area contributed by atoms with Crippen LogP contribution in [0.4, 0.5) is 18.3 Å². The first-order valence-corrected chi connectivity index (χ1v) is 7.22. The van der Waals surface area contributed by atoms with Crippen molar-refractivity contribution in [1.29, 1.82) is 0 Å². The van der Waals surface area contributed by atoms with E-state index in [0.717, 1.165) is 43.2 Å². The van der Waals surface area contributed by atoms with Gasteiger partial charge in [-0.05, 0) is 12.8 Å². The zero-order valence-electron chi connectivity index (χ0n) is 10.4. The third-order valence-corrected chi connectivity index (χ3v) is 4.91. The minimum atomic E-state index is -4.30. The predicted octanol–water partition coefficient (Wildman–Crippen LogP) is 3.31. The molecule has 0 amide bonds. The van der Waals surface area contributed by atoms with Crippen molar-refractivity contribution in [3.05, 3.63) is 11.1 Å². The Labute approximate surface area is 113 Å². The van der Waals surface area contributed by atoms with E-state index in [9.17, 15) is 13.2 Å². The van der Waals surface area contributed by atoms with Gasteiger partial charge in [-0.2, -0.15) is 13.2 Å². The number of hydrogen-bond donors (Lipinski definition) is 0. The molecular formula is C12H15F3N2OS. The minimum absolute atomic E-state index is 0.150. The summed E-state index contributed by atoms with van der Waals surface area (Å²) in [7, 11) is 0. The van der Waals surface area contributed by atoms with Gasteiger partial charge in [-0.1, -0.05) is 24.2 Å². The molecular weight excluding hydrogens is 277 g/mol. The van der Waals surface area contributed by atoms with Gasteiger partial charge in [0, 0.05) is 13.1 Å². The molecule has 7 heteroatoms. The highest BCUT2D eigenvalue weighted by Gasteiger charge is 2.41. The first-order valence-electron chi connectivity index (χ1n) is 6.41. The van der Waals surface area contributed by atoms with E-state index in [0.29, 0.717) is 24.8 Å². The number of anilines is 1. The Balaban J connectivity index is 1.76. The number of hydrogen-bond acceptors (Lipinski definition) is 4. The first kappa shape index (κ1) is 13.2. The van der Waals surface area contributed by atoms with Gasteiger partial charge in [0.05, 0.1) is 18.4 Å². The van der Waals surface area contributed by atoms with Crippen molar-refractivity contribution >= 4 is 16.5 Å². The third-order valence-electron chi connectivity index (χ3n) is 3.81. The summed E-state index contributed by atoms with van der Waals surface area (Å²) < 4.78 is 43.6. The van der Waals surface area contributed by atoms with Gasteiger partial charge in [0.25, 0.3) is 0 Å². The van der Waals surface area contributed by atoms with E-state index in [1.54, 1.807) is 0 Å². The Kier molecular flexibility index (Phi) is 3.21. The SMILES string of the molecule is FC(F)(F)c1cnc(N2CCOC3(CCCC3)C2)s1. The van der Waals surface area contributed by atoms with Crippen LogP contribution in [0.3, 0.4) is 0 Å². The van der Waals surface area contributed by atoms with Gasteiger partial charge in [-0.3, -0.25) is 0 Å². The fraction of sp³-hybridized carbons (Fsp3) is 0.750. The molecule has 1 aliphatic carbocycles. The van der Waals surface area contributed by atoms with Crippen molar-refractivity contribution in [3.8, 4) is 0 Å². The highest BCUT2D eigenvalue weighted by atomic mass is 32.1. The largest absolute Gasteiger partial charge is 0.427 e. The van der Waals surface area contributed by atoms with Gasteiger partial charge in [-0.15, -0.1) is 0 Å². The molecule has 2 heterocycles. The number of halogens is 3. The molecule has 0 bridgehead atoms. The van der Waals surface area contributed by atoms with Crippen LogP contribution in [-0.2, 0) is 10.9 Å². The zero-order valence-corrected chi connectivity index (χ0v) is 11.2. The van der Waals surface area contributed by atoms with Crippen LogP contribution in [0.5, 0.6) is 0 Å². The summed E-state index contributed by atoms with van der Waals surface area (Å²) in [6.07, 6.45) is 0.908. The number of thiazole rings is 1. The third kappa shape index (κ3) is 2.58. The molecule has 106 valence electrons. The molecule has 0 unspecified atom stereocenters. The van der Waals surface area contributed by atoms with E-state index in [-0.39, 0.29) is 5.60 Å². The Morgan fingerprint density at radius 1 is 1.32 bits per heavy atom. The van der Waals surface area contributed by atoms with Crippen LogP contribution in [0.2, 0.25) is 0 Å². The standard InChI is InChI=1S/C12H15F3N2OS/c13-12(14,15)9-7-16-10(19-9)17-5-6-18-11(8-17)3-1-2-4-11/h7H,1-6,8H2. The van der Waals surface area contributed by atoms with Crippen molar-refractivity contribution in [3.63, 3.8) is 0 Å². The Morgan fingerprint density at radius 2 is 2.05 bits per heavy atom. The summed E-state index contributed by atoms with van der Waals surface area (Å²) in [5.74, 6) is 0. The molecule has 0 atom stereocenters. The van der Waals surface area contributed by atoms with E-state index < -0.39 is 11.1 Å². The fourth-order valence-corrected chi connectivity index (χ4v) is 3.68. The number of aromatic nitrogens is 1. The number of ether oxygens (including phenoxy) is 1. The maximum atomic E-state index is 12.6. The summed E-state index contributed by atoms with van der Waals surface area (Å²) in [4.78, 5) is 5.24. The van der Waals surface area contributed by atoms with Crippen LogP contribution in [0, 0.1) is 0 Å². The molecule has 1 saturated heterocycles. The zero-order chi connectivity index (χ0) is 13.5. The number of nitrogens with zero attached hydrogens (tertiary/aromatic N) is 2. The molecule has 1 aliphatic heterocycles. The molecule has 1 spiro atoms. The van der Waals surface area contributed by atoms with Crippen LogP contribution in [-0.4, -0.2) is 30.3 Å². The second-order valence-corrected chi connectivity index (χ2v) is 6.17. The van der Waals surface area contributed by atoms with Gasteiger partial charge in [-0.25, -0.2) is 4.98 Å². The summed E-state index contributed by atoms with van der Waals surface area (Å²) in [5, 5.41) is 0.460. The maximum absolute atomic E-state index is 12.6. The Bertz CT molecular complexity index is 454. The highest BCUT2D eigenvalue weighted by molar-refractivity contribution is 7.15. The lowest BCUT2D eigenvalue weighted by Gasteiger charge is -2.40. The molecule has 1 aromatic heterocycles. The van der Waals surface area contributed by atoms with Gasteiger partial charge >= 0.3 is 6.18 Å². The lowest BCUT2D eigenvalue weighted by atomic mass is 10.0. The number of rotatable bonds is 1. The van der Waals surface area contributed by atoms with Crippen molar-refractivity contribution < 1.29 is 17.9 Å². The van der Waals surface area contributed by atoms with E-state index >= 15 is 0 Å². The van der Waals surface area contributed by atoms with Crippen molar-refractivity contribution in [2.45, 2.75) is 37.5 Å². The average Bonchev–Trinajstić information content (AvgIpc) is 2.98. The fourth-order valence-electron chi connectivity index (χ4n) is 2.87. The number of alkyl halides is 3. The molecule has 2 aliphatic rings. The lowest BCUT2D eigenvalue weighted by Crippen LogP contribution is -2.50. The summed E-state index contributed by atoms with van der Waals surface area (Å²) in [6.45, 7) is 1.85. The molecule has 0 aromatic carbocycles. The molecule has 0 N–H and O–H groups in total. The summed E-state index contributed by atoms with van der Waals surface area (Å²) in [6, 6.07) is 0. The predicted molar refractivity (Wildman–Crippen MR) is 66.5 cm³/mol. The topological polar surface area (TPSA) is 25.4 Å². The van der Waals surface area contributed by atoms with Gasteiger partial charge in [0.2, 0.25) is 0 Å². The van der Waals surface area contributed by atoms with Gasteiger partial charge in [0.1, 0.15) is 4.88 Å². The first-order chi connectivity index (χ1) is 8.99. The normalized spacial score (nSPS) is 23.2. The molecule has 1 saturated carbocycles. The molecule has 2 fully saturated rings. The highest BCUT2D eigenvalue weighted by Crippen LogP contribution is 2.40. The quantitative estimate of drug-likeness (QED) is 0.794. The summed E-state index contributed by atoms with van der Waals surface area (Å²) >= 11 is 0.723. The van der Waals surface area contributed by atoms with Crippen LogP contribution >= 0.6 is 11.3 Å². The molecule has 1 aromatic rings. The van der Waals surface area contributed by atoms with Crippen LogP contribution in [0.25, 0.3) is 0 Å². The number of morpholine rings is 1. The Morgan fingerprint density at radius 3 is 2.68 bits per heavy atom. The van der Waals surface area contributed by atoms with E-state index in [4.69, 9.17) is 4.74 Å². The Hall–Kier alpha value is -0.820. The van der Waals surface area contributed by atoms with E-state index in [2.05, 4.69) is 4.98 Å². The van der Waals surface area contributed by atoms with Crippen LogP contribution in [0.15, 0.2) is 6.20 Å². The monoisotopic (exact) mass is 292 g/mol. The summed E-state index contributed by atoms with van der Waals surface area (Å²) in [5.41, 5.74) is -0.150. The van der Waals surface area contributed by atoms with Crippen molar-refractivity contribution in [1.82, 2.24) is 4.98 Å². The van der Waals surface area contributed by atoms with Crippen molar-refractivity contribution in [2.75, 3.05) is 24.6 Å². The van der Waals surface area contributed by atoms with Crippen LogP contribution in [0.1, 0.15) is 30.6 Å². The second kappa shape index (κ2) is 4.63. The van der Waals surface area contributed by atoms with Gasteiger partial charge < -0.3 is 9.64 Å².